The lowest BCUT2D eigenvalue weighted by Gasteiger charge is -2.06. The maximum Gasteiger partial charge on any atom is 0.323 e. The molecule has 2 aromatic rings. The molecule has 1 heterocycles. The van der Waals surface area contributed by atoms with E-state index in [9.17, 15) is 4.79 Å². The number of benzene rings is 2. The van der Waals surface area contributed by atoms with Gasteiger partial charge in [0.1, 0.15) is 11.7 Å². The summed E-state index contributed by atoms with van der Waals surface area (Å²) in [5.41, 5.74) is 1.89. The number of halogens is 1. The molecule has 0 amide bonds. The van der Waals surface area contributed by atoms with Gasteiger partial charge in [-0.05, 0) is 27.6 Å². The summed E-state index contributed by atoms with van der Waals surface area (Å²) < 4.78 is 6.14. The van der Waals surface area contributed by atoms with Gasteiger partial charge in [-0.2, -0.15) is 0 Å². The Kier molecular flexibility index (Phi) is 2.48. The number of esters is 1. The van der Waals surface area contributed by atoms with Gasteiger partial charge >= 0.3 is 5.97 Å². The summed E-state index contributed by atoms with van der Waals surface area (Å²) in [4.78, 5) is 11.9. The van der Waals surface area contributed by atoms with Crippen LogP contribution in [0.5, 0.6) is 5.75 Å². The van der Waals surface area contributed by atoms with Crippen LogP contribution < -0.4 is 4.74 Å². The first kappa shape index (κ1) is 10.5. The smallest absolute Gasteiger partial charge is 0.323 e. The third-order valence-electron chi connectivity index (χ3n) is 2.88. The molecule has 3 heteroatoms. The lowest BCUT2D eigenvalue weighted by Crippen LogP contribution is -2.11. The summed E-state index contributed by atoms with van der Waals surface area (Å²) in [6.45, 7) is 0. The molecule has 0 saturated carbocycles. The predicted molar refractivity (Wildman–Crippen MR) is 68.1 cm³/mol. The van der Waals surface area contributed by atoms with E-state index in [2.05, 4.69) is 15.9 Å². The quantitative estimate of drug-likeness (QED) is 0.593. The zero-order chi connectivity index (χ0) is 11.8. The first-order chi connectivity index (χ1) is 8.27. The molecular formula is C14H9BrO2. The van der Waals surface area contributed by atoms with E-state index < -0.39 is 0 Å². The van der Waals surface area contributed by atoms with Crippen molar-refractivity contribution < 1.29 is 9.53 Å². The summed E-state index contributed by atoms with van der Waals surface area (Å²) >= 11 is 3.40. The van der Waals surface area contributed by atoms with Crippen molar-refractivity contribution in [3.63, 3.8) is 0 Å². The molecule has 3 rings (SSSR count). The average molecular weight is 289 g/mol. The van der Waals surface area contributed by atoms with Crippen LogP contribution in [0, 0.1) is 0 Å². The molecule has 2 aromatic carbocycles. The Morgan fingerprint density at radius 3 is 2.53 bits per heavy atom. The van der Waals surface area contributed by atoms with Crippen LogP contribution in [0.2, 0.25) is 0 Å². The summed E-state index contributed by atoms with van der Waals surface area (Å²) in [6.07, 6.45) is 0. The molecule has 84 valence electrons. The monoisotopic (exact) mass is 288 g/mol. The Labute approximate surface area is 107 Å². The third kappa shape index (κ3) is 1.67. The van der Waals surface area contributed by atoms with Crippen LogP contribution >= 0.6 is 15.9 Å². The molecule has 0 fully saturated rings. The van der Waals surface area contributed by atoms with Crippen LogP contribution in [-0.2, 0) is 4.79 Å². The number of carbonyl (C=O) groups is 1. The SMILES string of the molecule is O=C1Oc2c(Br)cccc2C1c1ccccc1. The normalized spacial score (nSPS) is 17.7. The molecule has 0 bridgehead atoms. The van der Waals surface area contributed by atoms with E-state index in [0.29, 0.717) is 5.75 Å². The molecular weight excluding hydrogens is 280 g/mol. The first-order valence-corrected chi connectivity index (χ1v) is 6.12. The third-order valence-corrected chi connectivity index (χ3v) is 3.50. The Morgan fingerprint density at radius 1 is 1.00 bits per heavy atom. The highest BCUT2D eigenvalue weighted by atomic mass is 79.9. The number of para-hydroxylation sites is 1. The van der Waals surface area contributed by atoms with Gasteiger partial charge in [-0.1, -0.05) is 42.5 Å². The predicted octanol–water partition coefficient (Wildman–Crippen LogP) is 3.50. The van der Waals surface area contributed by atoms with Crippen molar-refractivity contribution in [3.8, 4) is 5.75 Å². The van der Waals surface area contributed by atoms with Crippen LogP contribution in [0.15, 0.2) is 53.0 Å². The number of rotatable bonds is 1. The maximum atomic E-state index is 11.9. The second-order valence-corrected chi connectivity index (χ2v) is 4.78. The Hall–Kier alpha value is -1.61. The summed E-state index contributed by atoms with van der Waals surface area (Å²) in [5, 5.41) is 0. The largest absolute Gasteiger partial charge is 0.424 e. The number of fused-ring (bicyclic) bond motifs is 1. The molecule has 1 atom stereocenters. The summed E-state index contributed by atoms with van der Waals surface area (Å²) in [6, 6.07) is 15.4. The van der Waals surface area contributed by atoms with Gasteiger partial charge in [0.25, 0.3) is 0 Å². The van der Waals surface area contributed by atoms with E-state index in [1.807, 2.05) is 48.5 Å². The van der Waals surface area contributed by atoms with Gasteiger partial charge in [0.05, 0.1) is 4.47 Å². The van der Waals surface area contributed by atoms with Crippen LogP contribution in [0.1, 0.15) is 17.0 Å². The first-order valence-electron chi connectivity index (χ1n) is 5.32. The van der Waals surface area contributed by atoms with Gasteiger partial charge in [-0.15, -0.1) is 0 Å². The summed E-state index contributed by atoms with van der Waals surface area (Å²) in [7, 11) is 0. The highest BCUT2D eigenvalue weighted by Crippen LogP contribution is 2.42. The number of hydrogen-bond donors (Lipinski definition) is 0. The van der Waals surface area contributed by atoms with Crippen molar-refractivity contribution in [2.75, 3.05) is 0 Å². The molecule has 17 heavy (non-hydrogen) atoms. The zero-order valence-corrected chi connectivity index (χ0v) is 10.5. The van der Waals surface area contributed by atoms with Crippen molar-refractivity contribution in [3.05, 3.63) is 64.1 Å². The molecule has 1 aliphatic rings. The number of carbonyl (C=O) groups excluding carboxylic acids is 1. The van der Waals surface area contributed by atoms with Crippen molar-refractivity contribution in [1.82, 2.24) is 0 Å². The minimum absolute atomic E-state index is 0.210. The second kappa shape index (κ2) is 4.00. The van der Waals surface area contributed by atoms with Crippen molar-refractivity contribution in [2.24, 2.45) is 0 Å². The van der Waals surface area contributed by atoms with Crippen LogP contribution in [0.25, 0.3) is 0 Å². The zero-order valence-electron chi connectivity index (χ0n) is 8.89. The molecule has 0 saturated heterocycles. The minimum atomic E-state index is -0.302. The van der Waals surface area contributed by atoms with E-state index in [0.717, 1.165) is 15.6 Å². The molecule has 1 unspecified atom stereocenters. The van der Waals surface area contributed by atoms with E-state index in [-0.39, 0.29) is 11.9 Å². The van der Waals surface area contributed by atoms with Gasteiger partial charge in [-0.3, -0.25) is 4.79 Å². The lowest BCUT2D eigenvalue weighted by molar-refractivity contribution is -0.133. The molecule has 2 nitrogen and oxygen atoms in total. The Balaban J connectivity index is 2.15. The van der Waals surface area contributed by atoms with E-state index in [1.165, 1.54) is 0 Å². The Bertz CT molecular complexity index is 578. The van der Waals surface area contributed by atoms with Gasteiger partial charge in [-0.25, -0.2) is 0 Å². The van der Waals surface area contributed by atoms with E-state index in [4.69, 9.17) is 4.74 Å². The van der Waals surface area contributed by atoms with Crippen LogP contribution in [-0.4, -0.2) is 5.97 Å². The van der Waals surface area contributed by atoms with Gasteiger partial charge in [0.15, 0.2) is 0 Å². The number of ether oxygens (including phenoxy) is 1. The van der Waals surface area contributed by atoms with Gasteiger partial charge in [0.2, 0.25) is 0 Å². The topological polar surface area (TPSA) is 26.3 Å². The fourth-order valence-corrected chi connectivity index (χ4v) is 2.57. The molecule has 0 aromatic heterocycles. The lowest BCUT2D eigenvalue weighted by atomic mass is 9.93. The summed E-state index contributed by atoms with van der Waals surface area (Å²) in [5.74, 6) is 0.133. The fraction of sp³-hybridized carbons (Fsp3) is 0.0714. The van der Waals surface area contributed by atoms with Crippen LogP contribution in [0.3, 0.4) is 0 Å². The molecule has 0 radical (unpaired) electrons. The standard InChI is InChI=1S/C14H9BrO2/c15-11-8-4-7-10-12(14(16)17-13(10)11)9-5-2-1-3-6-9/h1-8,12H. The van der Waals surface area contributed by atoms with Gasteiger partial charge < -0.3 is 4.74 Å². The van der Waals surface area contributed by atoms with E-state index in [1.54, 1.807) is 0 Å². The van der Waals surface area contributed by atoms with E-state index >= 15 is 0 Å². The highest BCUT2D eigenvalue weighted by Gasteiger charge is 2.35. The molecule has 0 N–H and O–H groups in total. The minimum Gasteiger partial charge on any atom is -0.424 e. The van der Waals surface area contributed by atoms with Crippen molar-refractivity contribution in [1.29, 1.82) is 0 Å². The molecule has 0 aliphatic carbocycles. The highest BCUT2D eigenvalue weighted by molar-refractivity contribution is 9.10. The van der Waals surface area contributed by atoms with Crippen molar-refractivity contribution >= 4 is 21.9 Å². The molecule has 1 aliphatic heterocycles. The number of hydrogen-bond acceptors (Lipinski definition) is 2. The Morgan fingerprint density at radius 2 is 1.76 bits per heavy atom. The fourth-order valence-electron chi connectivity index (χ4n) is 2.11. The second-order valence-electron chi connectivity index (χ2n) is 3.92. The van der Waals surface area contributed by atoms with Crippen molar-refractivity contribution in [2.45, 2.75) is 5.92 Å². The maximum absolute atomic E-state index is 11.9. The van der Waals surface area contributed by atoms with Gasteiger partial charge in [0, 0.05) is 5.56 Å². The average Bonchev–Trinajstić information content (AvgIpc) is 2.68. The molecule has 0 spiro atoms. The van der Waals surface area contributed by atoms with Crippen LogP contribution in [0.4, 0.5) is 0 Å².